The number of aromatic nitrogens is 1. The molecule has 0 bridgehead atoms. The molecule has 1 unspecified atom stereocenters. The number of hydrogen-bond acceptors (Lipinski definition) is 4. The third kappa shape index (κ3) is 3.19. The van der Waals surface area contributed by atoms with Crippen molar-refractivity contribution in [2.45, 2.75) is 12.5 Å². The van der Waals surface area contributed by atoms with Gasteiger partial charge in [-0.15, -0.1) is 0 Å². The summed E-state index contributed by atoms with van der Waals surface area (Å²) in [6.45, 7) is 0. The van der Waals surface area contributed by atoms with Gasteiger partial charge < -0.3 is 0 Å². The Bertz CT molecular complexity index is 487. The van der Waals surface area contributed by atoms with Gasteiger partial charge in [0, 0.05) is 29.3 Å². The van der Waals surface area contributed by atoms with E-state index in [-0.39, 0.29) is 6.04 Å². The van der Waals surface area contributed by atoms with Gasteiger partial charge in [0.2, 0.25) is 0 Å². The maximum Gasteiger partial charge on any atom is 0.0705 e. The van der Waals surface area contributed by atoms with Gasteiger partial charge in [-0.3, -0.25) is 16.3 Å². The largest absolute Gasteiger partial charge is 0.271 e. The summed E-state index contributed by atoms with van der Waals surface area (Å²) < 4.78 is 0. The molecule has 2 aromatic rings. The summed E-state index contributed by atoms with van der Waals surface area (Å²) in [5.41, 5.74) is 4.97. The van der Waals surface area contributed by atoms with E-state index in [2.05, 4.69) is 34.9 Å². The molecular weight excluding hydrogens is 230 g/mol. The molecule has 0 amide bonds. The van der Waals surface area contributed by atoms with Gasteiger partial charge >= 0.3 is 0 Å². The molecule has 3 nitrogen and oxygen atoms in total. The molecule has 0 aliphatic rings. The number of hydrazine groups is 1. The highest BCUT2D eigenvalue weighted by atomic mass is 32.2. The second kappa shape index (κ2) is 6.00. The normalized spacial score (nSPS) is 12.8. The van der Waals surface area contributed by atoms with Crippen LogP contribution in [0, 0.1) is 0 Å². The van der Waals surface area contributed by atoms with Crippen molar-refractivity contribution in [1.82, 2.24) is 10.4 Å². The Balaban J connectivity index is 2.18. The summed E-state index contributed by atoms with van der Waals surface area (Å²) in [5.74, 6) is 6.52. The summed E-state index contributed by atoms with van der Waals surface area (Å²) in [5, 5.41) is 1.18. The van der Waals surface area contributed by atoms with Gasteiger partial charge in [-0.05, 0) is 18.4 Å². The van der Waals surface area contributed by atoms with Crippen molar-refractivity contribution in [2.75, 3.05) is 12.0 Å². The van der Waals surface area contributed by atoms with Gasteiger partial charge in [0.15, 0.2) is 0 Å². The molecule has 0 spiro atoms. The summed E-state index contributed by atoms with van der Waals surface area (Å²) in [6.07, 6.45) is 2.94. The number of nitrogens with two attached hydrogens (primary N) is 1. The number of nitrogens with one attached hydrogen (secondary N) is 1. The molecule has 0 radical (unpaired) electrons. The molecule has 1 aromatic heterocycles. The molecule has 0 aliphatic heterocycles. The molecule has 0 saturated heterocycles. The van der Waals surface area contributed by atoms with E-state index < -0.39 is 0 Å². The first-order valence-corrected chi connectivity index (χ1v) is 7.02. The van der Waals surface area contributed by atoms with Crippen molar-refractivity contribution in [1.29, 1.82) is 0 Å². The first-order chi connectivity index (χ1) is 8.33. The van der Waals surface area contributed by atoms with Crippen LogP contribution in [-0.2, 0) is 6.42 Å². The molecule has 3 N–H and O–H groups in total. The Hall–Kier alpha value is -1.10. The summed E-state index contributed by atoms with van der Waals surface area (Å²) in [6, 6.07) is 12.6. The van der Waals surface area contributed by atoms with Crippen molar-refractivity contribution in [3.05, 3.63) is 42.1 Å². The van der Waals surface area contributed by atoms with E-state index in [1.165, 1.54) is 5.39 Å². The Morgan fingerprint density at radius 3 is 2.88 bits per heavy atom. The van der Waals surface area contributed by atoms with Gasteiger partial charge in [-0.25, -0.2) is 0 Å². The first-order valence-electron chi connectivity index (χ1n) is 5.63. The zero-order valence-electron chi connectivity index (χ0n) is 9.89. The highest BCUT2D eigenvalue weighted by Crippen LogP contribution is 2.13. The number of rotatable bonds is 5. The number of thioether (sulfide) groups is 1. The minimum Gasteiger partial charge on any atom is -0.271 e. The van der Waals surface area contributed by atoms with Gasteiger partial charge in [0.05, 0.1) is 5.52 Å². The smallest absolute Gasteiger partial charge is 0.0705 e. The predicted molar refractivity (Wildman–Crippen MR) is 74.9 cm³/mol. The van der Waals surface area contributed by atoms with Crippen LogP contribution in [0.4, 0.5) is 0 Å². The van der Waals surface area contributed by atoms with Crippen LogP contribution in [0.3, 0.4) is 0 Å². The molecule has 17 heavy (non-hydrogen) atoms. The molecule has 0 fully saturated rings. The lowest BCUT2D eigenvalue weighted by Gasteiger charge is -2.14. The highest BCUT2D eigenvalue weighted by molar-refractivity contribution is 7.98. The molecule has 0 saturated carbocycles. The maximum atomic E-state index is 5.53. The lowest BCUT2D eigenvalue weighted by molar-refractivity contribution is 0.570. The van der Waals surface area contributed by atoms with Crippen LogP contribution in [0.5, 0.6) is 0 Å². The maximum absolute atomic E-state index is 5.53. The summed E-state index contributed by atoms with van der Waals surface area (Å²) in [7, 11) is 0. The zero-order chi connectivity index (χ0) is 12.1. The molecular formula is C13H17N3S. The van der Waals surface area contributed by atoms with Crippen LogP contribution in [0.2, 0.25) is 0 Å². The van der Waals surface area contributed by atoms with E-state index in [0.717, 1.165) is 23.4 Å². The van der Waals surface area contributed by atoms with Crippen LogP contribution in [0.1, 0.15) is 5.69 Å². The first kappa shape index (κ1) is 12.4. The third-order valence-electron chi connectivity index (χ3n) is 2.72. The Morgan fingerprint density at radius 1 is 1.29 bits per heavy atom. The number of nitrogens with zero attached hydrogens (tertiary/aromatic N) is 1. The zero-order valence-corrected chi connectivity index (χ0v) is 10.7. The van der Waals surface area contributed by atoms with E-state index in [0.29, 0.717) is 0 Å². The fourth-order valence-electron chi connectivity index (χ4n) is 1.84. The number of hydrogen-bond donors (Lipinski definition) is 2. The van der Waals surface area contributed by atoms with Crippen molar-refractivity contribution in [3.8, 4) is 0 Å². The van der Waals surface area contributed by atoms with Crippen molar-refractivity contribution in [2.24, 2.45) is 5.84 Å². The molecule has 1 heterocycles. The van der Waals surface area contributed by atoms with E-state index >= 15 is 0 Å². The molecule has 1 atom stereocenters. The molecule has 1 aromatic carbocycles. The van der Waals surface area contributed by atoms with Gasteiger partial charge in [-0.2, -0.15) is 11.8 Å². The van der Waals surface area contributed by atoms with Gasteiger partial charge in [0.1, 0.15) is 0 Å². The van der Waals surface area contributed by atoms with E-state index in [1.54, 1.807) is 11.8 Å². The van der Waals surface area contributed by atoms with E-state index in [1.807, 2.05) is 18.2 Å². The average Bonchev–Trinajstić information content (AvgIpc) is 2.38. The Morgan fingerprint density at radius 2 is 2.12 bits per heavy atom. The predicted octanol–water partition coefficient (Wildman–Crippen LogP) is 1.97. The topological polar surface area (TPSA) is 50.9 Å². The van der Waals surface area contributed by atoms with Gasteiger partial charge in [-0.1, -0.05) is 24.3 Å². The second-order valence-electron chi connectivity index (χ2n) is 4.02. The Labute approximate surface area is 106 Å². The van der Waals surface area contributed by atoms with Crippen LogP contribution in [0.15, 0.2) is 36.4 Å². The standard InChI is InChI=1S/C13H17N3S/c1-17-9-12(16-14)8-11-7-6-10-4-2-3-5-13(10)15-11/h2-7,12,16H,8-9,14H2,1H3. The fourth-order valence-corrected chi connectivity index (χ4v) is 2.46. The van der Waals surface area contributed by atoms with Crippen LogP contribution < -0.4 is 11.3 Å². The van der Waals surface area contributed by atoms with Crippen molar-refractivity contribution < 1.29 is 0 Å². The molecule has 4 heteroatoms. The molecule has 0 aliphatic carbocycles. The van der Waals surface area contributed by atoms with Gasteiger partial charge in [0.25, 0.3) is 0 Å². The second-order valence-corrected chi connectivity index (χ2v) is 4.93. The monoisotopic (exact) mass is 247 g/mol. The van der Waals surface area contributed by atoms with Crippen LogP contribution in [-0.4, -0.2) is 23.0 Å². The quantitative estimate of drug-likeness (QED) is 0.626. The average molecular weight is 247 g/mol. The lowest BCUT2D eigenvalue weighted by Crippen LogP contribution is -2.38. The third-order valence-corrected chi connectivity index (χ3v) is 3.45. The fraction of sp³-hybridized carbons (Fsp3) is 0.308. The minimum absolute atomic E-state index is 0.277. The van der Waals surface area contributed by atoms with Crippen LogP contribution in [0.25, 0.3) is 10.9 Å². The number of fused-ring (bicyclic) bond motifs is 1. The molecule has 2 rings (SSSR count). The summed E-state index contributed by atoms with van der Waals surface area (Å²) in [4.78, 5) is 4.64. The van der Waals surface area contributed by atoms with E-state index in [4.69, 9.17) is 5.84 Å². The van der Waals surface area contributed by atoms with Crippen LogP contribution >= 0.6 is 11.8 Å². The van der Waals surface area contributed by atoms with Crippen molar-refractivity contribution in [3.63, 3.8) is 0 Å². The number of pyridine rings is 1. The molecule has 90 valence electrons. The van der Waals surface area contributed by atoms with Crippen molar-refractivity contribution >= 4 is 22.7 Å². The number of para-hydroxylation sites is 1. The van der Waals surface area contributed by atoms with E-state index in [9.17, 15) is 0 Å². The lowest BCUT2D eigenvalue weighted by atomic mass is 10.1. The Kier molecular flexibility index (Phi) is 4.36. The minimum atomic E-state index is 0.277. The highest BCUT2D eigenvalue weighted by Gasteiger charge is 2.08. The SMILES string of the molecule is CSCC(Cc1ccc2ccccc2n1)NN. The summed E-state index contributed by atoms with van der Waals surface area (Å²) >= 11 is 1.79. The number of benzene rings is 1.